The van der Waals surface area contributed by atoms with Gasteiger partial charge in [-0.2, -0.15) is 0 Å². The number of nitrogens with zero attached hydrogens (tertiary/aromatic N) is 2. The first-order chi connectivity index (χ1) is 12.9. The quantitative estimate of drug-likeness (QED) is 0.323. The van der Waals surface area contributed by atoms with Crippen LogP contribution in [0.5, 0.6) is 0 Å². The fourth-order valence-electron chi connectivity index (χ4n) is 3.24. The highest BCUT2D eigenvalue weighted by atomic mass is 16.4. The lowest BCUT2D eigenvalue weighted by molar-refractivity contribution is -0.149. The van der Waals surface area contributed by atoms with Crippen LogP contribution in [0.2, 0.25) is 0 Å². The molecule has 27 heavy (non-hydrogen) atoms. The molecule has 0 bridgehead atoms. The number of hydrogen-bond donors (Lipinski definition) is 5. The lowest BCUT2D eigenvalue weighted by Crippen LogP contribution is -2.54. The van der Waals surface area contributed by atoms with Gasteiger partial charge >= 0.3 is 5.97 Å². The third kappa shape index (κ3) is 5.76. The molecular weight excluding hydrogens is 352 g/mol. The van der Waals surface area contributed by atoms with E-state index in [1.165, 1.54) is 11.2 Å². The first-order valence-electron chi connectivity index (χ1n) is 9.20. The average molecular weight is 380 g/mol. The van der Waals surface area contributed by atoms with Crippen molar-refractivity contribution in [2.45, 2.75) is 56.7 Å². The van der Waals surface area contributed by atoms with Gasteiger partial charge in [0, 0.05) is 24.9 Å². The highest BCUT2D eigenvalue weighted by molar-refractivity contribution is 5.92. The molecule has 1 saturated heterocycles. The van der Waals surface area contributed by atoms with Gasteiger partial charge < -0.3 is 31.8 Å². The molecule has 10 heteroatoms. The number of aromatic nitrogens is 2. The summed E-state index contributed by atoms with van der Waals surface area (Å²) in [5.41, 5.74) is 12.2. The Morgan fingerprint density at radius 2 is 2.19 bits per heavy atom. The molecule has 7 N–H and O–H groups in total. The second-order valence-corrected chi connectivity index (χ2v) is 6.76. The van der Waals surface area contributed by atoms with Crippen molar-refractivity contribution >= 4 is 17.8 Å². The van der Waals surface area contributed by atoms with Crippen molar-refractivity contribution in [3.05, 3.63) is 18.2 Å². The number of carboxylic acid groups (broad SMARTS) is 1. The van der Waals surface area contributed by atoms with Crippen LogP contribution in [0.1, 0.15) is 37.8 Å². The summed E-state index contributed by atoms with van der Waals surface area (Å²) in [7, 11) is 0. The van der Waals surface area contributed by atoms with Crippen molar-refractivity contribution in [3.63, 3.8) is 0 Å². The molecular formula is C17H28N6O4. The minimum atomic E-state index is -1.02. The van der Waals surface area contributed by atoms with E-state index in [1.807, 2.05) is 0 Å². The number of rotatable bonds is 10. The molecule has 0 unspecified atom stereocenters. The smallest absolute Gasteiger partial charge is 0.326 e. The molecule has 2 heterocycles. The minimum absolute atomic E-state index is 0.261. The molecule has 1 aliphatic rings. The second-order valence-electron chi connectivity index (χ2n) is 6.76. The Morgan fingerprint density at radius 3 is 2.81 bits per heavy atom. The van der Waals surface area contributed by atoms with Crippen LogP contribution in [0.25, 0.3) is 0 Å². The van der Waals surface area contributed by atoms with E-state index in [9.17, 15) is 19.5 Å². The molecule has 3 atom stereocenters. The first-order valence-corrected chi connectivity index (χ1v) is 9.20. The number of unbranched alkanes of at least 4 members (excludes halogenated alkanes) is 1. The van der Waals surface area contributed by atoms with Crippen molar-refractivity contribution in [2.75, 3.05) is 13.1 Å². The monoisotopic (exact) mass is 380 g/mol. The summed E-state index contributed by atoms with van der Waals surface area (Å²) in [5, 5.41) is 12.0. The van der Waals surface area contributed by atoms with Crippen molar-refractivity contribution < 1.29 is 19.5 Å². The molecule has 2 amide bonds. The maximum absolute atomic E-state index is 12.9. The van der Waals surface area contributed by atoms with Crippen LogP contribution in [0.15, 0.2) is 12.5 Å². The highest BCUT2D eigenvalue weighted by Gasteiger charge is 2.37. The predicted octanol–water partition coefficient (Wildman–Crippen LogP) is -1.03. The lowest BCUT2D eigenvalue weighted by atomic mass is 10.1. The molecule has 0 radical (unpaired) electrons. The standard InChI is InChI=1S/C17H28N6O4/c18-6-2-1-4-13(16(25)23-7-3-5-14(23)17(26)27)22-15(24)12(19)8-11-9-20-10-21-11/h9-10,12-14H,1-8,18-19H2,(H,20,21)(H,22,24)(H,26,27)/t12-,13-,14+/m0/s1. The molecule has 2 rings (SSSR count). The van der Waals surface area contributed by atoms with E-state index in [4.69, 9.17) is 11.5 Å². The van der Waals surface area contributed by atoms with Crippen molar-refractivity contribution in [2.24, 2.45) is 11.5 Å². The summed E-state index contributed by atoms with van der Waals surface area (Å²) >= 11 is 0. The number of amides is 2. The topological polar surface area (TPSA) is 167 Å². The van der Waals surface area contributed by atoms with Gasteiger partial charge in [0.2, 0.25) is 11.8 Å². The number of aromatic amines is 1. The summed E-state index contributed by atoms with van der Waals surface area (Å²) in [6.07, 6.45) is 6.14. The zero-order chi connectivity index (χ0) is 19.8. The molecule has 1 fully saturated rings. The van der Waals surface area contributed by atoms with Gasteiger partial charge in [-0.15, -0.1) is 0 Å². The second kappa shape index (κ2) is 10.0. The zero-order valence-corrected chi connectivity index (χ0v) is 15.3. The minimum Gasteiger partial charge on any atom is -0.480 e. The number of carboxylic acids is 1. The molecule has 0 saturated carbocycles. The number of hydrogen-bond acceptors (Lipinski definition) is 6. The fraction of sp³-hybridized carbons (Fsp3) is 0.647. The molecule has 150 valence electrons. The molecule has 0 spiro atoms. The first kappa shape index (κ1) is 20.8. The lowest BCUT2D eigenvalue weighted by Gasteiger charge is -2.28. The van der Waals surface area contributed by atoms with Crippen LogP contribution in [-0.4, -0.2) is 69.0 Å². The van der Waals surface area contributed by atoms with Gasteiger partial charge in [-0.25, -0.2) is 9.78 Å². The number of carbonyl (C=O) groups excluding carboxylic acids is 2. The maximum atomic E-state index is 12.9. The molecule has 0 aliphatic carbocycles. The van der Waals surface area contributed by atoms with Gasteiger partial charge in [-0.1, -0.05) is 0 Å². The fourth-order valence-corrected chi connectivity index (χ4v) is 3.24. The van der Waals surface area contributed by atoms with Crippen molar-refractivity contribution in [1.82, 2.24) is 20.2 Å². The van der Waals surface area contributed by atoms with E-state index in [0.717, 1.165) is 0 Å². The predicted molar refractivity (Wildman–Crippen MR) is 97.5 cm³/mol. The largest absolute Gasteiger partial charge is 0.480 e. The summed E-state index contributed by atoms with van der Waals surface area (Å²) in [4.78, 5) is 44.8. The summed E-state index contributed by atoms with van der Waals surface area (Å²) < 4.78 is 0. The zero-order valence-electron chi connectivity index (χ0n) is 15.3. The molecule has 0 aromatic carbocycles. The van der Waals surface area contributed by atoms with Gasteiger partial charge in [-0.3, -0.25) is 9.59 Å². The Hall–Kier alpha value is -2.46. The normalized spacial score (nSPS) is 18.9. The van der Waals surface area contributed by atoms with E-state index in [-0.39, 0.29) is 12.3 Å². The Morgan fingerprint density at radius 1 is 1.41 bits per heavy atom. The van der Waals surface area contributed by atoms with Crippen LogP contribution in [0.4, 0.5) is 0 Å². The molecule has 10 nitrogen and oxygen atoms in total. The number of imidazole rings is 1. The van der Waals surface area contributed by atoms with E-state index < -0.39 is 30.0 Å². The maximum Gasteiger partial charge on any atom is 0.326 e. The van der Waals surface area contributed by atoms with Crippen LogP contribution < -0.4 is 16.8 Å². The number of carbonyl (C=O) groups is 3. The van der Waals surface area contributed by atoms with Crippen molar-refractivity contribution in [3.8, 4) is 0 Å². The van der Waals surface area contributed by atoms with Gasteiger partial charge in [-0.05, 0) is 38.6 Å². The number of likely N-dealkylation sites (tertiary alicyclic amines) is 1. The number of aliphatic carboxylic acids is 1. The summed E-state index contributed by atoms with van der Waals surface area (Å²) in [6, 6.07) is -2.49. The molecule has 1 aliphatic heterocycles. The van der Waals surface area contributed by atoms with E-state index in [1.54, 1.807) is 6.20 Å². The number of H-pyrrole nitrogens is 1. The van der Waals surface area contributed by atoms with E-state index in [0.29, 0.717) is 50.9 Å². The van der Waals surface area contributed by atoms with Gasteiger partial charge in [0.05, 0.1) is 12.4 Å². The van der Waals surface area contributed by atoms with Crippen LogP contribution >= 0.6 is 0 Å². The van der Waals surface area contributed by atoms with E-state index >= 15 is 0 Å². The van der Waals surface area contributed by atoms with Crippen molar-refractivity contribution in [1.29, 1.82) is 0 Å². The molecule has 1 aromatic heterocycles. The van der Waals surface area contributed by atoms with Crippen LogP contribution in [0, 0.1) is 0 Å². The van der Waals surface area contributed by atoms with E-state index in [2.05, 4.69) is 15.3 Å². The Kier molecular flexibility index (Phi) is 7.74. The van der Waals surface area contributed by atoms with Gasteiger partial charge in [0.15, 0.2) is 0 Å². The third-order valence-corrected chi connectivity index (χ3v) is 4.71. The Bertz CT molecular complexity index is 635. The number of nitrogens with two attached hydrogens (primary N) is 2. The van der Waals surface area contributed by atoms with Gasteiger partial charge in [0.1, 0.15) is 12.1 Å². The number of nitrogens with one attached hydrogen (secondary N) is 2. The molecule has 1 aromatic rings. The van der Waals surface area contributed by atoms with Crippen LogP contribution in [0.3, 0.4) is 0 Å². The SMILES string of the molecule is NCCCC[C@H](NC(=O)[C@@H](N)Cc1cnc[nH]1)C(=O)N1CCC[C@@H]1C(=O)O. The van der Waals surface area contributed by atoms with Gasteiger partial charge in [0.25, 0.3) is 0 Å². The summed E-state index contributed by atoms with van der Waals surface area (Å²) in [5.74, 6) is -1.86. The summed E-state index contributed by atoms with van der Waals surface area (Å²) in [6.45, 7) is 0.856. The van der Waals surface area contributed by atoms with Crippen LogP contribution in [-0.2, 0) is 20.8 Å². The third-order valence-electron chi connectivity index (χ3n) is 4.71. The highest BCUT2D eigenvalue weighted by Crippen LogP contribution is 2.20. The average Bonchev–Trinajstić information content (AvgIpc) is 3.31. The Balaban J connectivity index is 2.02. The Labute approximate surface area is 157 Å².